The summed E-state index contributed by atoms with van der Waals surface area (Å²) in [6, 6.07) is 22.7. The van der Waals surface area contributed by atoms with Gasteiger partial charge in [0.15, 0.2) is 7.85 Å². The van der Waals surface area contributed by atoms with Crippen LogP contribution in [0.3, 0.4) is 0 Å². The lowest BCUT2D eigenvalue weighted by Gasteiger charge is -2.16. The molecule has 166 valence electrons. The van der Waals surface area contributed by atoms with E-state index in [2.05, 4.69) is 49.1 Å². The molecule has 0 amide bonds. The normalized spacial score (nSPS) is 19.7. The van der Waals surface area contributed by atoms with Crippen LogP contribution in [0.4, 0.5) is 5.69 Å². The zero-order valence-electron chi connectivity index (χ0n) is 19.3. The summed E-state index contributed by atoms with van der Waals surface area (Å²) in [5, 5.41) is 2.37. The monoisotopic (exact) mass is 429 g/mol. The van der Waals surface area contributed by atoms with Gasteiger partial charge >= 0.3 is 5.97 Å². The number of carbonyl (C=O) groups excluding carboxylic acids is 1. The van der Waals surface area contributed by atoms with Crippen LogP contribution in [0, 0.1) is 0 Å². The minimum Gasteiger partial charge on any atom is -0.491 e. The largest absolute Gasteiger partial charge is 0.491 e. The summed E-state index contributed by atoms with van der Waals surface area (Å²) in [5.74, 6) is 0.643. The molecule has 1 fully saturated rings. The van der Waals surface area contributed by atoms with Crippen LogP contribution in [-0.4, -0.2) is 32.5 Å². The summed E-state index contributed by atoms with van der Waals surface area (Å²) in [6.45, 7) is 5.37. The maximum atomic E-state index is 13.3. The number of rotatable bonds is 10. The van der Waals surface area contributed by atoms with Gasteiger partial charge in [0, 0.05) is 0 Å². The number of esters is 1. The van der Waals surface area contributed by atoms with Crippen LogP contribution < -0.4 is 9.64 Å². The Morgan fingerprint density at radius 3 is 2.41 bits per heavy atom. The van der Waals surface area contributed by atoms with E-state index in [1.807, 2.05) is 44.2 Å². The highest BCUT2D eigenvalue weighted by molar-refractivity contribution is 6.34. The highest BCUT2D eigenvalue weighted by Crippen LogP contribution is 2.57. The van der Waals surface area contributed by atoms with Crippen LogP contribution in [0.5, 0.6) is 5.75 Å². The molecule has 3 aromatic carbocycles. The minimum absolute atomic E-state index is 0.0999. The van der Waals surface area contributed by atoms with Gasteiger partial charge in [0.25, 0.3) is 0 Å². The number of ether oxygens (including phenoxy) is 2. The number of fused-ring (bicyclic) bond motifs is 1. The zero-order chi connectivity index (χ0) is 22.6. The SMILES string of the molecule is B[C@]1(C(=O)OCCCC)[C@@H](c2ccc3ccccc3c2)N1c1ccccc1OCCCC. The standard InChI is InChI=1S/C27H32BNO3/c1-3-5-17-31-24-14-10-9-13-23(24)29-25(27(29,28)26(30)32-18-6-4-2)22-16-15-20-11-7-8-12-21(20)19-22/h7-16,19,25H,3-6,17-18,28H2,1-2H3/t25-,27-,29?/m1/s1. The average molecular weight is 429 g/mol. The molecule has 5 heteroatoms. The van der Waals surface area contributed by atoms with Gasteiger partial charge in [0.05, 0.1) is 24.9 Å². The van der Waals surface area contributed by atoms with E-state index < -0.39 is 5.44 Å². The number of hydrogen-bond donors (Lipinski definition) is 0. The van der Waals surface area contributed by atoms with Gasteiger partial charge in [-0.2, -0.15) is 0 Å². The lowest BCUT2D eigenvalue weighted by molar-refractivity contribution is -0.144. The quantitative estimate of drug-likeness (QED) is 0.191. The third-order valence-corrected chi connectivity index (χ3v) is 6.34. The van der Waals surface area contributed by atoms with Gasteiger partial charge in [-0.1, -0.05) is 75.2 Å². The summed E-state index contributed by atoms with van der Waals surface area (Å²) in [6.07, 6.45) is 3.95. The second-order valence-electron chi connectivity index (χ2n) is 8.69. The van der Waals surface area contributed by atoms with Gasteiger partial charge in [-0.3, -0.25) is 4.79 Å². The molecule has 0 aromatic heterocycles. The van der Waals surface area contributed by atoms with Crippen molar-refractivity contribution < 1.29 is 14.3 Å². The van der Waals surface area contributed by atoms with Crippen LogP contribution in [0.2, 0.25) is 0 Å². The van der Waals surface area contributed by atoms with E-state index in [9.17, 15) is 4.79 Å². The highest BCUT2D eigenvalue weighted by Gasteiger charge is 2.66. The van der Waals surface area contributed by atoms with Gasteiger partial charge in [0.1, 0.15) is 11.2 Å². The van der Waals surface area contributed by atoms with Crippen molar-refractivity contribution in [3.63, 3.8) is 0 Å². The lowest BCUT2D eigenvalue weighted by Crippen LogP contribution is -2.33. The van der Waals surface area contributed by atoms with Gasteiger partial charge in [0.2, 0.25) is 0 Å². The van der Waals surface area contributed by atoms with Crippen LogP contribution in [0.25, 0.3) is 10.8 Å². The molecule has 0 bridgehead atoms. The Labute approximate surface area is 191 Å². The fraction of sp³-hybridized carbons (Fsp3) is 0.370. The molecule has 1 aliphatic rings. The predicted molar refractivity (Wildman–Crippen MR) is 133 cm³/mol. The number of para-hydroxylation sites is 2. The molecular formula is C27H32BNO3. The van der Waals surface area contributed by atoms with Gasteiger partial charge < -0.3 is 14.4 Å². The maximum absolute atomic E-state index is 13.3. The summed E-state index contributed by atoms with van der Waals surface area (Å²) in [7, 11) is 1.99. The van der Waals surface area contributed by atoms with E-state index in [1.54, 1.807) is 0 Å². The molecule has 1 heterocycles. The van der Waals surface area contributed by atoms with E-state index in [1.165, 1.54) is 10.8 Å². The molecule has 32 heavy (non-hydrogen) atoms. The Balaban J connectivity index is 1.70. The number of carbonyl (C=O) groups is 1. The van der Waals surface area contributed by atoms with E-state index >= 15 is 0 Å². The fourth-order valence-corrected chi connectivity index (χ4v) is 4.40. The number of anilines is 1. The van der Waals surface area contributed by atoms with Crippen molar-refractivity contribution in [2.24, 2.45) is 0 Å². The second kappa shape index (κ2) is 9.68. The molecule has 0 unspecified atom stereocenters. The van der Waals surface area contributed by atoms with Crippen molar-refractivity contribution in [2.45, 2.75) is 51.0 Å². The molecule has 1 saturated heterocycles. The third kappa shape index (κ3) is 4.21. The predicted octanol–water partition coefficient (Wildman–Crippen LogP) is 5.25. The third-order valence-electron chi connectivity index (χ3n) is 6.34. The molecule has 0 spiro atoms. The molecule has 1 aliphatic heterocycles. The molecule has 2 atom stereocenters. The Morgan fingerprint density at radius 2 is 1.62 bits per heavy atom. The van der Waals surface area contributed by atoms with Crippen LogP contribution in [0.1, 0.15) is 51.1 Å². The number of benzene rings is 3. The van der Waals surface area contributed by atoms with Crippen LogP contribution in [0.15, 0.2) is 66.7 Å². The van der Waals surface area contributed by atoms with Crippen molar-refractivity contribution in [2.75, 3.05) is 18.1 Å². The zero-order valence-corrected chi connectivity index (χ0v) is 19.3. The fourth-order valence-electron chi connectivity index (χ4n) is 4.40. The topological polar surface area (TPSA) is 38.5 Å². The van der Waals surface area contributed by atoms with Crippen molar-refractivity contribution >= 4 is 30.3 Å². The first kappa shape index (κ1) is 22.3. The molecule has 0 N–H and O–H groups in total. The molecule has 3 aromatic rings. The van der Waals surface area contributed by atoms with Gasteiger partial charge in [-0.05, 0) is 47.4 Å². The first-order valence-corrected chi connectivity index (χ1v) is 11.8. The van der Waals surface area contributed by atoms with E-state index in [0.717, 1.165) is 42.7 Å². The second-order valence-corrected chi connectivity index (χ2v) is 8.69. The molecule has 0 saturated carbocycles. The Kier molecular flexibility index (Phi) is 6.73. The van der Waals surface area contributed by atoms with Gasteiger partial charge in [-0.15, -0.1) is 0 Å². The summed E-state index contributed by atoms with van der Waals surface area (Å²) in [4.78, 5) is 15.5. The van der Waals surface area contributed by atoms with E-state index in [4.69, 9.17) is 9.47 Å². The minimum atomic E-state index is -0.763. The summed E-state index contributed by atoms with van der Waals surface area (Å²) in [5.41, 5.74) is 1.29. The Hall–Kier alpha value is -2.95. The summed E-state index contributed by atoms with van der Waals surface area (Å²) < 4.78 is 11.8. The number of nitrogens with zero attached hydrogens (tertiary/aromatic N) is 1. The average Bonchev–Trinajstić information content (AvgIpc) is 3.46. The van der Waals surface area contributed by atoms with Crippen LogP contribution in [-0.2, 0) is 9.53 Å². The smallest absolute Gasteiger partial charge is 0.325 e. The van der Waals surface area contributed by atoms with Crippen molar-refractivity contribution in [1.82, 2.24) is 0 Å². The first-order chi connectivity index (χ1) is 15.6. The first-order valence-electron chi connectivity index (χ1n) is 11.8. The lowest BCUT2D eigenvalue weighted by atomic mass is 9.80. The Bertz CT molecular complexity index is 1090. The Morgan fingerprint density at radius 1 is 0.938 bits per heavy atom. The van der Waals surface area contributed by atoms with Gasteiger partial charge in [-0.25, -0.2) is 0 Å². The maximum Gasteiger partial charge on any atom is 0.325 e. The van der Waals surface area contributed by atoms with Crippen molar-refractivity contribution in [1.29, 1.82) is 0 Å². The molecule has 0 radical (unpaired) electrons. The highest BCUT2D eigenvalue weighted by atomic mass is 16.5. The summed E-state index contributed by atoms with van der Waals surface area (Å²) >= 11 is 0. The van der Waals surface area contributed by atoms with Crippen molar-refractivity contribution in [3.8, 4) is 5.75 Å². The number of unbranched alkanes of at least 4 members (excludes halogenated alkanes) is 2. The number of hydrogen-bond acceptors (Lipinski definition) is 4. The van der Waals surface area contributed by atoms with Crippen LogP contribution >= 0.6 is 0 Å². The van der Waals surface area contributed by atoms with E-state index in [0.29, 0.717) is 13.2 Å². The molecule has 4 nitrogen and oxygen atoms in total. The molecule has 4 rings (SSSR count). The van der Waals surface area contributed by atoms with E-state index in [-0.39, 0.29) is 12.0 Å². The molecular weight excluding hydrogens is 397 g/mol. The molecule has 0 aliphatic carbocycles. The van der Waals surface area contributed by atoms with Crippen molar-refractivity contribution in [3.05, 3.63) is 72.3 Å².